The highest BCUT2D eigenvalue weighted by Gasteiger charge is 2.18. The minimum atomic E-state index is -0.0609. The molecule has 10 heteroatoms. The van der Waals surface area contributed by atoms with Crippen molar-refractivity contribution in [2.75, 3.05) is 13.6 Å². The molecule has 1 atom stereocenters. The molecular weight excluding hydrogens is 498 g/mol. The van der Waals surface area contributed by atoms with Crippen LogP contribution in [0.3, 0.4) is 0 Å². The lowest BCUT2D eigenvalue weighted by Gasteiger charge is -2.16. The molecule has 0 saturated heterocycles. The van der Waals surface area contributed by atoms with Crippen LogP contribution in [0.25, 0.3) is 27.0 Å². The highest BCUT2D eigenvalue weighted by atomic mass is 32.1. The number of rotatable bonds is 12. The van der Waals surface area contributed by atoms with Gasteiger partial charge in [-0.3, -0.25) is 19.0 Å². The van der Waals surface area contributed by atoms with Crippen molar-refractivity contribution in [1.82, 2.24) is 35.0 Å². The average molecular weight is 530 g/mol. The summed E-state index contributed by atoms with van der Waals surface area (Å²) in [4.78, 5) is 42.1. The molecule has 1 unspecified atom stereocenters. The third kappa shape index (κ3) is 6.25. The summed E-state index contributed by atoms with van der Waals surface area (Å²) in [6, 6.07) is 8.25. The monoisotopic (exact) mass is 529 g/mol. The molecule has 4 aromatic heterocycles. The Morgan fingerprint density at radius 3 is 2.89 bits per heavy atom. The van der Waals surface area contributed by atoms with E-state index in [9.17, 15) is 9.59 Å². The standard InChI is InChI=1S/C28H31N7O2S/c1-29-25(36)6-4-2-3-5-21(16-31-26(37)14-23-18-35-11-12-38-28(35)33-23)27-32-17-24(34-27)20-8-7-19-9-10-30-15-22(19)13-20/h7-13,15,17-18,21H,2-6,14,16H2,1H3,(H,29,36)(H,31,37)(H,32,34). The van der Waals surface area contributed by atoms with Crippen LogP contribution in [0.2, 0.25) is 0 Å². The van der Waals surface area contributed by atoms with Gasteiger partial charge in [0.15, 0.2) is 4.96 Å². The predicted molar refractivity (Wildman–Crippen MR) is 149 cm³/mol. The van der Waals surface area contributed by atoms with Crippen molar-refractivity contribution in [1.29, 1.82) is 0 Å². The zero-order valence-corrected chi connectivity index (χ0v) is 22.1. The number of carbonyl (C=O) groups excluding carboxylic acids is 2. The van der Waals surface area contributed by atoms with Crippen LogP contribution >= 0.6 is 11.3 Å². The first-order valence-electron chi connectivity index (χ1n) is 12.9. The first-order valence-corrected chi connectivity index (χ1v) is 13.7. The number of nitrogens with one attached hydrogen (secondary N) is 3. The second-order valence-electron chi connectivity index (χ2n) is 9.40. The quantitative estimate of drug-likeness (QED) is 0.206. The lowest BCUT2D eigenvalue weighted by molar-refractivity contribution is -0.121. The number of imidazole rings is 2. The molecule has 0 aliphatic carbocycles. The van der Waals surface area contributed by atoms with Crippen LogP contribution in [0.1, 0.15) is 49.5 Å². The molecule has 0 aliphatic heterocycles. The number of hydrogen-bond acceptors (Lipinski definition) is 6. The van der Waals surface area contributed by atoms with Gasteiger partial charge in [-0.15, -0.1) is 11.3 Å². The minimum Gasteiger partial charge on any atom is -0.359 e. The van der Waals surface area contributed by atoms with Crippen LogP contribution < -0.4 is 10.6 Å². The summed E-state index contributed by atoms with van der Waals surface area (Å²) in [6.45, 7) is 0.477. The van der Waals surface area contributed by atoms with Gasteiger partial charge in [-0.2, -0.15) is 0 Å². The molecule has 0 aliphatic rings. The molecule has 196 valence electrons. The Hall–Kier alpha value is -4.05. The largest absolute Gasteiger partial charge is 0.359 e. The number of H-pyrrole nitrogens is 1. The number of fused-ring (bicyclic) bond motifs is 2. The van der Waals surface area contributed by atoms with E-state index in [0.717, 1.165) is 64.2 Å². The first-order chi connectivity index (χ1) is 18.6. The molecule has 5 rings (SSSR count). The van der Waals surface area contributed by atoms with Crippen LogP contribution in [-0.2, 0) is 16.0 Å². The van der Waals surface area contributed by atoms with Gasteiger partial charge < -0.3 is 15.6 Å². The number of benzene rings is 1. The fourth-order valence-electron chi connectivity index (χ4n) is 4.58. The van der Waals surface area contributed by atoms with Crippen LogP contribution in [0.5, 0.6) is 0 Å². The first kappa shape index (κ1) is 25.6. The van der Waals surface area contributed by atoms with Gasteiger partial charge in [0.05, 0.1) is 24.0 Å². The molecule has 3 N–H and O–H groups in total. The lowest BCUT2D eigenvalue weighted by Crippen LogP contribution is -2.30. The Morgan fingerprint density at radius 1 is 1.11 bits per heavy atom. The fourth-order valence-corrected chi connectivity index (χ4v) is 5.30. The van der Waals surface area contributed by atoms with Crippen LogP contribution in [-0.4, -0.2) is 49.7 Å². The maximum atomic E-state index is 12.7. The molecule has 0 saturated carbocycles. The number of aromatic amines is 1. The van der Waals surface area contributed by atoms with Gasteiger partial charge in [0.1, 0.15) is 5.82 Å². The van der Waals surface area contributed by atoms with Gasteiger partial charge in [-0.25, -0.2) is 9.97 Å². The fraction of sp³-hybridized carbons (Fsp3) is 0.321. The second-order valence-corrected chi connectivity index (χ2v) is 10.3. The molecule has 5 aromatic rings. The molecule has 38 heavy (non-hydrogen) atoms. The van der Waals surface area contributed by atoms with Gasteiger partial charge >= 0.3 is 0 Å². The van der Waals surface area contributed by atoms with Crippen molar-refractivity contribution in [3.63, 3.8) is 0 Å². The normalized spacial score (nSPS) is 12.1. The zero-order chi connectivity index (χ0) is 26.3. The van der Waals surface area contributed by atoms with E-state index in [1.165, 1.54) is 0 Å². The van der Waals surface area contributed by atoms with E-state index in [1.807, 2.05) is 40.6 Å². The van der Waals surface area contributed by atoms with E-state index < -0.39 is 0 Å². The topological polar surface area (TPSA) is 117 Å². The molecule has 0 bridgehead atoms. The summed E-state index contributed by atoms with van der Waals surface area (Å²) >= 11 is 1.55. The Morgan fingerprint density at radius 2 is 2.03 bits per heavy atom. The maximum Gasteiger partial charge on any atom is 0.226 e. The molecule has 0 radical (unpaired) electrons. The van der Waals surface area contributed by atoms with Gasteiger partial charge in [-0.1, -0.05) is 25.0 Å². The van der Waals surface area contributed by atoms with Crippen molar-refractivity contribution in [3.05, 3.63) is 72.1 Å². The van der Waals surface area contributed by atoms with Crippen molar-refractivity contribution >= 4 is 38.9 Å². The minimum absolute atomic E-state index is 0.0281. The van der Waals surface area contributed by atoms with Crippen LogP contribution in [0, 0.1) is 0 Å². The second kappa shape index (κ2) is 12.0. The number of carbonyl (C=O) groups is 2. The molecular formula is C28H31N7O2S. The van der Waals surface area contributed by atoms with Gasteiger partial charge in [-0.05, 0) is 30.4 Å². The van der Waals surface area contributed by atoms with E-state index in [2.05, 4.69) is 43.8 Å². The number of nitrogens with zero attached hydrogens (tertiary/aromatic N) is 4. The van der Waals surface area contributed by atoms with Crippen LogP contribution in [0.4, 0.5) is 0 Å². The van der Waals surface area contributed by atoms with E-state index in [0.29, 0.717) is 13.0 Å². The summed E-state index contributed by atoms with van der Waals surface area (Å²) in [5.41, 5.74) is 2.73. The van der Waals surface area contributed by atoms with E-state index in [1.54, 1.807) is 24.6 Å². The van der Waals surface area contributed by atoms with Gasteiger partial charge in [0, 0.05) is 67.0 Å². The SMILES string of the molecule is CNC(=O)CCCCCC(CNC(=O)Cc1cn2ccsc2n1)c1ncc(-c2ccc3ccncc3c2)[nH]1. The Labute approximate surface area is 224 Å². The molecule has 0 spiro atoms. The van der Waals surface area contributed by atoms with Crippen molar-refractivity contribution < 1.29 is 9.59 Å². The van der Waals surface area contributed by atoms with E-state index in [4.69, 9.17) is 4.98 Å². The zero-order valence-electron chi connectivity index (χ0n) is 21.3. The third-order valence-corrected chi connectivity index (χ3v) is 7.47. The summed E-state index contributed by atoms with van der Waals surface area (Å²) < 4.78 is 1.93. The number of amides is 2. The van der Waals surface area contributed by atoms with Crippen molar-refractivity contribution in [2.24, 2.45) is 0 Å². The Kier molecular flexibility index (Phi) is 8.08. The molecule has 9 nitrogen and oxygen atoms in total. The highest BCUT2D eigenvalue weighted by Crippen LogP contribution is 2.26. The summed E-state index contributed by atoms with van der Waals surface area (Å²) in [6.07, 6.45) is 13.7. The van der Waals surface area contributed by atoms with Crippen molar-refractivity contribution in [2.45, 2.75) is 44.4 Å². The predicted octanol–water partition coefficient (Wildman–Crippen LogP) is 4.47. The van der Waals surface area contributed by atoms with E-state index in [-0.39, 0.29) is 24.2 Å². The summed E-state index contributed by atoms with van der Waals surface area (Å²) in [5, 5.41) is 9.94. The number of pyridine rings is 1. The molecule has 4 heterocycles. The molecule has 0 fully saturated rings. The number of aromatic nitrogens is 5. The lowest BCUT2D eigenvalue weighted by atomic mass is 9.99. The van der Waals surface area contributed by atoms with Crippen LogP contribution in [0.15, 0.2) is 60.6 Å². The number of hydrogen-bond donors (Lipinski definition) is 3. The van der Waals surface area contributed by atoms with E-state index >= 15 is 0 Å². The Bertz CT molecular complexity index is 1510. The van der Waals surface area contributed by atoms with Gasteiger partial charge in [0.25, 0.3) is 0 Å². The Balaban J connectivity index is 1.25. The third-order valence-electron chi connectivity index (χ3n) is 6.70. The average Bonchev–Trinajstić information content (AvgIpc) is 3.67. The smallest absolute Gasteiger partial charge is 0.226 e. The van der Waals surface area contributed by atoms with Crippen molar-refractivity contribution in [3.8, 4) is 11.3 Å². The van der Waals surface area contributed by atoms with Gasteiger partial charge in [0.2, 0.25) is 11.8 Å². The molecule has 2 amide bonds. The number of thiazole rings is 1. The highest BCUT2D eigenvalue weighted by molar-refractivity contribution is 7.15. The molecule has 1 aromatic carbocycles. The number of unbranched alkanes of at least 4 members (excludes halogenated alkanes) is 2. The summed E-state index contributed by atoms with van der Waals surface area (Å²) in [7, 11) is 1.66. The summed E-state index contributed by atoms with van der Waals surface area (Å²) in [5.74, 6) is 0.879. The maximum absolute atomic E-state index is 12.7.